The molecule has 2 heterocycles. The van der Waals surface area contributed by atoms with Gasteiger partial charge in [-0.1, -0.05) is 11.6 Å². The number of nitrogens with zero attached hydrogens (tertiary/aromatic N) is 2. The average Bonchev–Trinajstić information content (AvgIpc) is 2.65. The molecule has 1 atom stereocenters. The molecule has 0 aliphatic carbocycles. The highest BCUT2D eigenvalue weighted by atomic mass is 35.5. The third-order valence-corrected chi connectivity index (χ3v) is 4.18. The third-order valence-electron chi connectivity index (χ3n) is 3.63. The fourth-order valence-corrected chi connectivity index (χ4v) is 2.63. The third kappa shape index (κ3) is 3.24. The summed E-state index contributed by atoms with van der Waals surface area (Å²) in [6, 6.07) is -0.615. The molecule has 0 saturated heterocycles. The smallest absolute Gasteiger partial charge is 0.319 e. The van der Waals surface area contributed by atoms with Crippen LogP contribution >= 0.6 is 11.6 Å². The molecule has 8 heteroatoms. The summed E-state index contributed by atoms with van der Waals surface area (Å²) >= 11 is 6.09. The highest BCUT2D eigenvalue weighted by Gasteiger charge is 2.26. The van der Waals surface area contributed by atoms with Crippen LogP contribution in [0.1, 0.15) is 25.2 Å². The number of hydrogen-bond acceptors (Lipinski definition) is 3. The van der Waals surface area contributed by atoms with E-state index in [1.165, 1.54) is 0 Å². The van der Waals surface area contributed by atoms with Crippen molar-refractivity contribution in [1.29, 1.82) is 0 Å². The molecular formula is C14H20ClN5O2. The second kappa shape index (κ2) is 6.39. The molecule has 7 nitrogen and oxygen atoms in total. The van der Waals surface area contributed by atoms with Crippen LogP contribution in [-0.4, -0.2) is 34.3 Å². The minimum absolute atomic E-state index is 0.204. The molecule has 2 rings (SSSR count). The maximum atomic E-state index is 12.3. The number of amides is 3. The molecule has 120 valence electrons. The molecule has 1 unspecified atom stereocenters. The van der Waals surface area contributed by atoms with Gasteiger partial charge in [0.05, 0.1) is 34.6 Å². The van der Waals surface area contributed by atoms with Crippen molar-refractivity contribution in [2.75, 3.05) is 6.54 Å². The molecule has 0 radical (unpaired) electrons. The van der Waals surface area contributed by atoms with Crippen molar-refractivity contribution in [1.82, 2.24) is 25.7 Å². The van der Waals surface area contributed by atoms with Crippen LogP contribution in [-0.2, 0) is 11.3 Å². The zero-order chi connectivity index (χ0) is 16.4. The molecule has 0 aromatic carbocycles. The number of allylic oxidation sites excluding steroid dienone is 1. The van der Waals surface area contributed by atoms with E-state index in [0.29, 0.717) is 29.4 Å². The predicted molar refractivity (Wildman–Crippen MR) is 83.6 cm³/mol. The SMILES string of the molecule is CC1=C(C(=O)NCCn2nc(C)c(Cl)c2C)C(C)NC(=O)N1. The number of carbonyl (C=O) groups is 2. The standard InChI is InChI=1S/C14H20ClN5O2/c1-7-11(8(2)18-14(22)17-7)13(21)16-5-6-20-10(4)12(15)9(3)19-20/h7H,5-6H2,1-4H3,(H,16,21)(H2,17,18,22). The molecule has 0 saturated carbocycles. The normalized spacial score (nSPS) is 18.0. The van der Waals surface area contributed by atoms with E-state index in [4.69, 9.17) is 11.6 Å². The van der Waals surface area contributed by atoms with E-state index < -0.39 is 0 Å². The quantitative estimate of drug-likeness (QED) is 0.778. The van der Waals surface area contributed by atoms with Crippen molar-refractivity contribution >= 4 is 23.5 Å². The summed E-state index contributed by atoms with van der Waals surface area (Å²) in [6.45, 7) is 8.18. The summed E-state index contributed by atoms with van der Waals surface area (Å²) in [4.78, 5) is 23.6. The fraction of sp³-hybridized carbons (Fsp3) is 0.500. The molecule has 0 fully saturated rings. The monoisotopic (exact) mass is 325 g/mol. The van der Waals surface area contributed by atoms with Gasteiger partial charge in [0.25, 0.3) is 5.91 Å². The molecule has 1 aromatic rings. The van der Waals surface area contributed by atoms with Crippen LogP contribution in [0.15, 0.2) is 11.3 Å². The molecule has 22 heavy (non-hydrogen) atoms. The molecule has 1 aliphatic rings. The topological polar surface area (TPSA) is 88.1 Å². The van der Waals surface area contributed by atoms with Gasteiger partial charge >= 0.3 is 6.03 Å². The van der Waals surface area contributed by atoms with Crippen molar-refractivity contribution in [2.45, 2.75) is 40.3 Å². The number of urea groups is 1. The van der Waals surface area contributed by atoms with Crippen LogP contribution < -0.4 is 16.0 Å². The maximum Gasteiger partial charge on any atom is 0.319 e. The van der Waals surface area contributed by atoms with Gasteiger partial charge in [-0.15, -0.1) is 0 Å². The van der Waals surface area contributed by atoms with E-state index in [1.54, 1.807) is 18.5 Å². The molecular weight excluding hydrogens is 306 g/mol. The maximum absolute atomic E-state index is 12.3. The Bertz CT molecular complexity index is 650. The molecule has 3 N–H and O–H groups in total. The van der Waals surface area contributed by atoms with Gasteiger partial charge in [0, 0.05) is 12.2 Å². The van der Waals surface area contributed by atoms with Gasteiger partial charge in [-0.3, -0.25) is 9.48 Å². The Hall–Kier alpha value is -2.02. The Balaban J connectivity index is 1.97. The van der Waals surface area contributed by atoms with Crippen LogP contribution in [0.25, 0.3) is 0 Å². The molecule has 3 amide bonds. The first-order valence-corrected chi connectivity index (χ1v) is 7.45. The predicted octanol–water partition coefficient (Wildman–Crippen LogP) is 1.24. The fourth-order valence-electron chi connectivity index (χ4n) is 2.50. The Morgan fingerprint density at radius 2 is 2.09 bits per heavy atom. The van der Waals surface area contributed by atoms with Gasteiger partial charge in [-0.25, -0.2) is 4.79 Å². The van der Waals surface area contributed by atoms with E-state index in [2.05, 4.69) is 21.0 Å². The molecule has 1 aromatic heterocycles. The average molecular weight is 326 g/mol. The number of aryl methyl sites for hydroxylation is 1. The van der Waals surface area contributed by atoms with Crippen LogP contribution in [0.4, 0.5) is 4.79 Å². The van der Waals surface area contributed by atoms with Crippen molar-refractivity contribution in [3.8, 4) is 0 Å². The number of carbonyl (C=O) groups excluding carboxylic acids is 2. The second-order valence-corrected chi connectivity index (χ2v) is 5.70. The minimum Gasteiger partial charge on any atom is -0.350 e. The van der Waals surface area contributed by atoms with E-state index >= 15 is 0 Å². The van der Waals surface area contributed by atoms with E-state index in [0.717, 1.165) is 11.4 Å². The van der Waals surface area contributed by atoms with E-state index in [9.17, 15) is 9.59 Å². The summed E-state index contributed by atoms with van der Waals surface area (Å²) in [5, 5.41) is 13.1. The second-order valence-electron chi connectivity index (χ2n) is 5.32. The van der Waals surface area contributed by atoms with Gasteiger partial charge in [-0.05, 0) is 27.7 Å². The van der Waals surface area contributed by atoms with Crippen LogP contribution in [0, 0.1) is 13.8 Å². The van der Waals surface area contributed by atoms with E-state index in [-0.39, 0.29) is 18.0 Å². The van der Waals surface area contributed by atoms with Crippen molar-refractivity contribution in [3.63, 3.8) is 0 Å². The highest BCUT2D eigenvalue weighted by Crippen LogP contribution is 2.18. The Morgan fingerprint density at radius 1 is 1.41 bits per heavy atom. The lowest BCUT2D eigenvalue weighted by Crippen LogP contribution is -2.50. The Kier molecular flexibility index (Phi) is 4.75. The number of aromatic nitrogens is 2. The van der Waals surface area contributed by atoms with Crippen molar-refractivity contribution in [2.24, 2.45) is 0 Å². The van der Waals surface area contributed by atoms with Gasteiger partial charge < -0.3 is 16.0 Å². The van der Waals surface area contributed by atoms with Crippen molar-refractivity contribution < 1.29 is 9.59 Å². The molecule has 0 bridgehead atoms. The minimum atomic E-state index is -0.322. The Morgan fingerprint density at radius 3 is 2.64 bits per heavy atom. The lowest BCUT2D eigenvalue weighted by molar-refractivity contribution is -0.117. The van der Waals surface area contributed by atoms with E-state index in [1.807, 2.05) is 13.8 Å². The number of hydrogen-bond donors (Lipinski definition) is 3. The van der Waals surface area contributed by atoms with Gasteiger partial charge in [0.2, 0.25) is 0 Å². The van der Waals surface area contributed by atoms with Gasteiger partial charge in [0.1, 0.15) is 0 Å². The number of halogens is 1. The Labute approximate surface area is 134 Å². The summed E-state index contributed by atoms with van der Waals surface area (Å²) < 4.78 is 1.77. The lowest BCUT2D eigenvalue weighted by Gasteiger charge is -2.25. The summed E-state index contributed by atoms with van der Waals surface area (Å²) in [5.41, 5.74) is 2.76. The van der Waals surface area contributed by atoms with Crippen LogP contribution in [0.3, 0.4) is 0 Å². The van der Waals surface area contributed by atoms with Gasteiger partial charge in [0.15, 0.2) is 0 Å². The zero-order valence-corrected chi connectivity index (χ0v) is 13.8. The first kappa shape index (κ1) is 16.4. The first-order valence-electron chi connectivity index (χ1n) is 7.07. The molecule has 0 spiro atoms. The first-order chi connectivity index (χ1) is 10.3. The van der Waals surface area contributed by atoms with Crippen molar-refractivity contribution in [3.05, 3.63) is 27.7 Å². The number of nitrogens with one attached hydrogen (secondary N) is 3. The van der Waals surface area contributed by atoms with Crippen LogP contribution in [0.5, 0.6) is 0 Å². The summed E-state index contributed by atoms with van der Waals surface area (Å²) in [7, 11) is 0. The molecule has 1 aliphatic heterocycles. The lowest BCUT2D eigenvalue weighted by atomic mass is 10.0. The summed E-state index contributed by atoms with van der Waals surface area (Å²) in [6.07, 6.45) is 0. The van der Waals surface area contributed by atoms with Crippen LogP contribution in [0.2, 0.25) is 5.02 Å². The summed E-state index contributed by atoms with van der Waals surface area (Å²) in [5.74, 6) is -0.204. The largest absolute Gasteiger partial charge is 0.350 e. The zero-order valence-electron chi connectivity index (χ0n) is 13.1. The van der Waals surface area contributed by atoms with Gasteiger partial charge in [-0.2, -0.15) is 5.10 Å². The highest BCUT2D eigenvalue weighted by molar-refractivity contribution is 6.31. The number of rotatable bonds is 4.